The topological polar surface area (TPSA) is 55.1 Å². The van der Waals surface area contributed by atoms with Gasteiger partial charge in [0.2, 0.25) is 0 Å². The lowest BCUT2D eigenvalue weighted by molar-refractivity contribution is 0.0940. The van der Waals surface area contributed by atoms with Gasteiger partial charge in [0.25, 0.3) is 5.91 Å². The maximum Gasteiger partial charge on any atom is 0.253 e. The van der Waals surface area contributed by atoms with Gasteiger partial charge in [-0.05, 0) is 42.8 Å². The predicted octanol–water partition coefficient (Wildman–Crippen LogP) is 3.66. The van der Waals surface area contributed by atoms with E-state index in [0.717, 1.165) is 4.47 Å². The minimum absolute atomic E-state index is 0.285. The fourth-order valence-electron chi connectivity index (χ4n) is 1.87. The van der Waals surface area contributed by atoms with E-state index in [2.05, 4.69) is 21.2 Å². The number of nitrogens with two attached hydrogens (primary N) is 1. The van der Waals surface area contributed by atoms with Gasteiger partial charge in [0.1, 0.15) is 5.82 Å². The van der Waals surface area contributed by atoms with E-state index in [1.807, 2.05) is 0 Å². The first-order valence-corrected chi connectivity index (χ1v) is 6.88. The molecule has 0 saturated heterocycles. The number of halogens is 2. The first-order chi connectivity index (χ1) is 9.47. The van der Waals surface area contributed by atoms with E-state index < -0.39 is 0 Å². The average molecular weight is 337 g/mol. The summed E-state index contributed by atoms with van der Waals surface area (Å²) in [7, 11) is 0. The Morgan fingerprint density at radius 1 is 1.30 bits per heavy atom. The third kappa shape index (κ3) is 3.36. The molecule has 3 nitrogen and oxygen atoms in total. The van der Waals surface area contributed by atoms with Crippen LogP contribution in [0.25, 0.3) is 0 Å². The van der Waals surface area contributed by atoms with Gasteiger partial charge < -0.3 is 11.1 Å². The van der Waals surface area contributed by atoms with Crippen LogP contribution in [-0.2, 0) is 0 Å². The molecule has 0 fully saturated rings. The van der Waals surface area contributed by atoms with Crippen LogP contribution in [0.3, 0.4) is 0 Å². The Balaban J connectivity index is 2.15. The number of amides is 1. The molecule has 20 heavy (non-hydrogen) atoms. The largest absolute Gasteiger partial charge is 0.398 e. The molecular weight excluding hydrogens is 323 g/mol. The highest BCUT2D eigenvalue weighted by atomic mass is 79.9. The Kier molecular flexibility index (Phi) is 4.39. The Morgan fingerprint density at radius 3 is 2.70 bits per heavy atom. The Hall–Kier alpha value is -1.88. The van der Waals surface area contributed by atoms with Gasteiger partial charge >= 0.3 is 0 Å². The summed E-state index contributed by atoms with van der Waals surface area (Å²) in [5.74, 6) is -0.612. The fraction of sp³-hybridized carbons (Fsp3) is 0.133. The quantitative estimate of drug-likeness (QED) is 0.840. The van der Waals surface area contributed by atoms with Crippen molar-refractivity contribution in [1.82, 2.24) is 5.32 Å². The molecule has 0 unspecified atom stereocenters. The van der Waals surface area contributed by atoms with Crippen molar-refractivity contribution in [2.75, 3.05) is 5.73 Å². The molecule has 104 valence electrons. The normalized spacial score (nSPS) is 11.9. The average Bonchev–Trinajstić information content (AvgIpc) is 2.38. The van der Waals surface area contributed by atoms with Crippen LogP contribution >= 0.6 is 15.9 Å². The molecule has 1 amide bonds. The van der Waals surface area contributed by atoms with E-state index in [4.69, 9.17) is 5.73 Å². The summed E-state index contributed by atoms with van der Waals surface area (Å²) in [5.41, 5.74) is 7.30. The second-order valence-electron chi connectivity index (χ2n) is 4.48. The number of nitrogen functional groups attached to an aromatic ring is 1. The second kappa shape index (κ2) is 6.05. The molecule has 2 aromatic carbocycles. The first kappa shape index (κ1) is 14.5. The van der Waals surface area contributed by atoms with Gasteiger partial charge in [0.15, 0.2) is 0 Å². The lowest BCUT2D eigenvalue weighted by Crippen LogP contribution is -2.27. The zero-order valence-electron chi connectivity index (χ0n) is 10.9. The number of hydrogen-bond donors (Lipinski definition) is 2. The number of carbonyl (C=O) groups is 1. The molecule has 1 atom stereocenters. The summed E-state index contributed by atoms with van der Waals surface area (Å²) in [5, 5.41) is 2.80. The summed E-state index contributed by atoms with van der Waals surface area (Å²) in [6, 6.07) is 10.9. The standard InChI is InChI=1S/C15H14BrFN2O/c1-9(10-3-2-4-12(17)7-10)19-15(20)13-6-5-11(16)8-14(13)18/h2-9H,18H2,1H3,(H,19,20)/t9-/m0/s1. The van der Waals surface area contributed by atoms with Crippen molar-refractivity contribution in [3.63, 3.8) is 0 Å². The lowest BCUT2D eigenvalue weighted by atomic mass is 10.1. The zero-order chi connectivity index (χ0) is 14.7. The molecule has 0 saturated carbocycles. The minimum Gasteiger partial charge on any atom is -0.398 e. The molecule has 0 aliphatic rings. The van der Waals surface area contributed by atoms with E-state index in [-0.39, 0.29) is 17.8 Å². The van der Waals surface area contributed by atoms with E-state index in [1.165, 1.54) is 12.1 Å². The Morgan fingerprint density at radius 2 is 2.05 bits per heavy atom. The second-order valence-corrected chi connectivity index (χ2v) is 5.40. The summed E-state index contributed by atoms with van der Waals surface area (Å²) in [6.45, 7) is 1.79. The number of carbonyl (C=O) groups excluding carboxylic acids is 1. The number of hydrogen-bond acceptors (Lipinski definition) is 2. The van der Waals surface area contributed by atoms with Crippen LogP contribution in [0.15, 0.2) is 46.9 Å². The van der Waals surface area contributed by atoms with Crippen LogP contribution in [-0.4, -0.2) is 5.91 Å². The van der Waals surface area contributed by atoms with E-state index in [1.54, 1.807) is 37.3 Å². The molecule has 0 aliphatic heterocycles. The van der Waals surface area contributed by atoms with Crippen molar-refractivity contribution in [2.45, 2.75) is 13.0 Å². The molecule has 0 aliphatic carbocycles. The van der Waals surface area contributed by atoms with Crippen molar-refractivity contribution >= 4 is 27.5 Å². The Labute approximate surface area is 125 Å². The molecule has 5 heteroatoms. The van der Waals surface area contributed by atoms with Crippen LogP contribution in [0.1, 0.15) is 28.9 Å². The van der Waals surface area contributed by atoms with Gasteiger partial charge in [0, 0.05) is 10.2 Å². The number of rotatable bonds is 3. The summed E-state index contributed by atoms with van der Waals surface area (Å²) in [6.07, 6.45) is 0. The smallest absolute Gasteiger partial charge is 0.253 e. The highest BCUT2D eigenvalue weighted by Crippen LogP contribution is 2.20. The monoisotopic (exact) mass is 336 g/mol. The minimum atomic E-state index is -0.327. The van der Waals surface area contributed by atoms with Crippen molar-refractivity contribution in [3.8, 4) is 0 Å². The SMILES string of the molecule is C[C@H](NC(=O)c1ccc(Br)cc1N)c1cccc(F)c1. The summed E-state index contributed by atoms with van der Waals surface area (Å²) >= 11 is 3.29. The zero-order valence-corrected chi connectivity index (χ0v) is 12.4. The van der Waals surface area contributed by atoms with Crippen LogP contribution < -0.4 is 11.1 Å². The van der Waals surface area contributed by atoms with E-state index in [0.29, 0.717) is 16.8 Å². The molecule has 0 aromatic heterocycles. The van der Waals surface area contributed by atoms with Gasteiger partial charge in [-0.3, -0.25) is 4.79 Å². The molecule has 0 spiro atoms. The number of anilines is 1. The van der Waals surface area contributed by atoms with E-state index in [9.17, 15) is 9.18 Å². The van der Waals surface area contributed by atoms with Crippen molar-refractivity contribution in [3.05, 3.63) is 63.9 Å². The molecule has 2 aromatic rings. The third-order valence-corrected chi connectivity index (χ3v) is 3.45. The van der Waals surface area contributed by atoms with Crippen LogP contribution in [0.5, 0.6) is 0 Å². The first-order valence-electron chi connectivity index (χ1n) is 6.08. The highest BCUT2D eigenvalue weighted by molar-refractivity contribution is 9.10. The molecule has 0 bridgehead atoms. The van der Waals surface area contributed by atoms with Gasteiger partial charge in [-0.25, -0.2) is 4.39 Å². The predicted molar refractivity (Wildman–Crippen MR) is 80.8 cm³/mol. The molecule has 2 rings (SSSR count). The van der Waals surface area contributed by atoms with E-state index >= 15 is 0 Å². The van der Waals surface area contributed by atoms with Gasteiger partial charge in [-0.2, -0.15) is 0 Å². The Bertz CT molecular complexity index is 646. The van der Waals surface area contributed by atoms with Crippen LogP contribution in [0.2, 0.25) is 0 Å². The van der Waals surface area contributed by atoms with Crippen molar-refractivity contribution in [1.29, 1.82) is 0 Å². The third-order valence-electron chi connectivity index (χ3n) is 2.95. The van der Waals surface area contributed by atoms with Crippen molar-refractivity contribution in [2.24, 2.45) is 0 Å². The van der Waals surface area contributed by atoms with Gasteiger partial charge in [0.05, 0.1) is 11.6 Å². The summed E-state index contributed by atoms with van der Waals surface area (Å²) in [4.78, 5) is 12.1. The van der Waals surface area contributed by atoms with Gasteiger partial charge in [-0.15, -0.1) is 0 Å². The van der Waals surface area contributed by atoms with Crippen LogP contribution in [0, 0.1) is 5.82 Å². The maximum absolute atomic E-state index is 13.2. The number of nitrogens with one attached hydrogen (secondary N) is 1. The lowest BCUT2D eigenvalue weighted by Gasteiger charge is -2.15. The van der Waals surface area contributed by atoms with Gasteiger partial charge in [-0.1, -0.05) is 28.1 Å². The molecule has 3 N–H and O–H groups in total. The fourth-order valence-corrected chi connectivity index (χ4v) is 2.25. The highest BCUT2D eigenvalue weighted by Gasteiger charge is 2.14. The molecule has 0 heterocycles. The molecular formula is C15H14BrFN2O. The summed E-state index contributed by atoms with van der Waals surface area (Å²) < 4.78 is 14.0. The molecule has 0 radical (unpaired) electrons. The number of benzene rings is 2. The van der Waals surface area contributed by atoms with Crippen LogP contribution in [0.4, 0.5) is 10.1 Å². The maximum atomic E-state index is 13.2. The van der Waals surface area contributed by atoms with Crippen molar-refractivity contribution < 1.29 is 9.18 Å².